The monoisotopic (exact) mass is 700 g/mol. The first kappa shape index (κ1) is 36.3. The van der Waals surface area contributed by atoms with E-state index in [4.69, 9.17) is 10.3 Å². The second-order valence-corrected chi connectivity index (χ2v) is 12.2. The Morgan fingerprint density at radius 3 is 1.67 bits per heavy atom. The molecule has 7 aromatic rings. The van der Waals surface area contributed by atoms with Gasteiger partial charge in [0.2, 0.25) is 0 Å². The summed E-state index contributed by atoms with van der Waals surface area (Å²) in [5.41, 5.74) is 9.55. The van der Waals surface area contributed by atoms with Crippen LogP contribution in [-0.4, -0.2) is 4.98 Å². The molecule has 6 aromatic carbocycles. The molecule has 3 heteroatoms. The number of para-hydroxylation sites is 2. The molecule has 0 aliphatic rings. The number of pyridine rings is 1. The van der Waals surface area contributed by atoms with E-state index in [2.05, 4.69) is 126 Å². The van der Waals surface area contributed by atoms with Gasteiger partial charge in [-0.1, -0.05) is 129 Å². The number of hydrogen-bond donors (Lipinski definition) is 0. The van der Waals surface area contributed by atoms with Gasteiger partial charge in [-0.25, -0.2) is 0 Å². The topological polar surface area (TPSA) is 27.0 Å². The summed E-state index contributed by atoms with van der Waals surface area (Å²) in [6, 6.07) is 52.7. The SMILES string of the molecule is CC(C)c1cccc(C(C)C)c1[N-]c1cccc2ccc(-c3[c-]ccc4ccccc34)nc12.[CH2-]c1ccccc1.[CH2-]c1ccccc1.[Zr+4]. The summed E-state index contributed by atoms with van der Waals surface area (Å²) in [5, 5.41) is 8.68. The number of hydrogen-bond acceptors (Lipinski definition) is 1. The molecule has 0 spiro atoms. The number of rotatable bonds is 5. The summed E-state index contributed by atoms with van der Waals surface area (Å²) in [6.45, 7) is 16.4. The van der Waals surface area contributed by atoms with Gasteiger partial charge < -0.3 is 5.32 Å². The molecule has 0 saturated heterocycles. The van der Waals surface area contributed by atoms with Crippen LogP contribution >= 0.6 is 0 Å². The van der Waals surface area contributed by atoms with Crippen LogP contribution in [0.15, 0.2) is 146 Å². The fraction of sp³-hybridized carbons (Fsp3) is 0.133. The van der Waals surface area contributed by atoms with E-state index in [1.165, 1.54) is 16.5 Å². The number of fused-ring (bicyclic) bond motifs is 2. The third-order valence-electron chi connectivity index (χ3n) is 7.94. The average Bonchev–Trinajstić information content (AvgIpc) is 3.09. The minimum Gasteiger partial charge on any atom is -0.656 e. The van der Waals surface area contributed by atoms with E-state index < -0.39 is 0 Å². The van der Waals surface area contributed by atoms with Gasteiger partial charge in [-0.2, -0.15) is 49.2 Å². The van der Waals surface area contributed by atoms with Gasteiger partial charge in [0, 0.05) is 5.52 Å². The Hall–Kier alpha value is -4.59. The maximum absolute atomic E-state index is 5.24. The molecule has 0 radical (unpaired) electrons. The third kappa shape index (κ3) is 9.27. The van der Waals surface area contributed by atoms with Crippen molar-refractivity contribution in [2.75, 3.05) is 0 Å². The van der Waals surface area contributed by atoms with Crippen molar-refractivity contribution in [1.29, 1.82) is 0 Å². The summed E-state index contributed by atoms with van der Waals surface area (Å²) in [7, 11) is 0. The van der Waals surface area contributed by atoms with Gasteiger partial charge in [0.1, 0.15) is 0 Å². The molecule has 0 aliphatic carbocycles. The normalized spacial score (nSPS) is 10.5. The standard InChI is InChI=1S/C31H28N2.2C7H7.Zr/c1-20(2)24-14-9-15-25(21(3)4)31(24)33-29-17-8-12-23-18-19-28(32-30(23)29)27-16-7-11-22-10-5-6-13-26(22)27;2*1-7-5-3-2-4-6-7;/h5-15,17-21H,1-4H3;2*2-6H,1H2;/q-2;2*-1;+4. The van der Waals surface area contributed by atoms with Crippen molar-refractivity contribution >= 4 is 33.1 Å². The Kier molecular flexibility index (Phi) is 13.2. The summed E-state index contributed by atoms with van der Waals surface area (Å²) < 4.78 is 0. The molecule has 1 heterocycles. The molecule has 0 fully saturated rings. The van der Waals surface area contributed by atoms with Gasteiger partial charge in [-0.3, -0.25) is 4.98 Å². The summed E-state index contributed by atoms with van der Waals surface area (Å²) in [4.78, 5) is 5.12. The first-order chi connectivity index (χ1) is 22.8. The van der Waals surface area contributed by atoms with E-state index in [1.54, 1.807) is 0 Å². The molecule has 1 aromatic heterocycles. The predicted octanol–water partition coefficient (Wildman–Crippen LogP) is 13.2. The molecule has 48 heavy (non-hydrogen) atoms. The molecular weight excluding hydrogens is 660 g/mol. The third-order valence-corrected chi connectivity index (χ3v) is 7.94. The first-order valence-corrected chi connectivity index (χ1v) is 16.2. The van der Waals surface area contributed by atoms with Crippen molar-refractivity contribution in [2.24, 2.45) is 0 Å². The zero-order valence-electron chi connectivity index (χ0n) is 28.3. The van der Waals surface area contributed by atoms with Gasteiger partial charge in [0.25, 0.3) is 0 Å². The molecular formula is C45H42N2Zr. The molecule has 236 valence electrons. The van der Waals surface area contributed by atoms with Crippen LogP contribution in [0.5, 0.6) is 0 Å². The second-order valence-electron chi connectivity index (χ2n) is 12.2. The van der Waals surface area contributed by atoms with E-state index in [-0.39, 0.29) is 26.2 Å². The van der Waals surface area contributed by atoms with Gasteiger partial charge >= 0.3 is 26.2 Å². The zero-order chi connectivity index (χ0) is 33.2. The van der Waals surface area contributed by atoms with E-state index in [0.29, 0.717) is 11.8 Å². The van der Waals surface area contributed by atoms with Crippen LogP contribution < -0.4 is 0 Å². The Balaban J connectivity index is 0.000000286. The largest absolute Gasteiger partial charge is 4.00 e. The van der Waals surface area contributed by atoms with Crippen molar-refractivity contribution in [3.8, 4) is 11.3 Å². The molecule has 0 unspecified atom stereocenters. The molecule has 7 rings (SSSR count). The molecule has 2 nitrogen and oxygen atoms in total. The fourth-order valence-electron chi connectivity index (χ4n) is 5.45. The van der Waals surface area contributed by atoms with Gasteiger partial charge in [0.05, 0.1) is 0 Å². The van der Waals surface area contributed by atoms with Crippen molar-refractivity contribution in [3.05, 3.63) is 193 Å². The van der Waals surface area contributed by atoms with E-state index in [1.807, 2.05) is 66.7 Å². The summed E-state index contributed by atoms with van der Waals surface area (Å²) >= 11 is 0. The van der Waals surface area contributed by atoms with Crippen LogP contribution in [0, 0.1) is 19.9 Å². The molecule has 0 aliphatic heterocycles. The van der Waals surface area contributed by atoms with Crippen LogP contribution in [0.25, 0.3) is 38.2 Å². The summed E-state index contributed by atoms with van der Waals surface area (Å²) in [5.74, 6) is 0.789. The van der Waals surface area contributed by atoms with Crippen molar-refractivity contribution < 1.29 is 26.2 Å². The van der Waals surface area contributed by atoms with Gasteiger partial charge in [0.15, 0.2) is 0 Å². The number of aromatic nitrogens is 1. The van der Waals surface area contributed by atoms with Crippen molar-refractivity contribution in [3.63, 3.8) is 0 Å². The molecule has 0 N–H and O–H groups in total. The molecule has 0 amide bonds. The van der Waals surface area contributed by atoms with Crippen LogP contribution in [0.3, 0.4) is 0 Å². The van der Waals surface area contributed by atoms with E-state index in [9.17, 15) is 0 Å². The van der Waals surface area contributed by atoms with Crippen molar-refractivity contribution in [1.82, 2.24) is 4.98 Å². The zero-order valence-corrected chi connectivity index (χ0v) is 30.8. The van der Waals surface area contributed by atoms with E-state index >= 15 is 0 Å². The Morgan fingerprint density at radius 1 is 0.562 bits per heavy atom. The van der Waals surface area contributed by atoms with Gasteiger partial charge in [-0.15, -0.1) is 64.8 Å². The van der Waals surface area contributed by atoms with Crippen LogP contribution in [0.2, 0.25) is 0 Å². The quantitative estimate of drug-likeness (QED) is 0.164. The Labute approximate surface area is 306 Å². The van der Waals surface area contributed by atoms with Crippen LogP contribution in [0.4, 0.5) is 11.4 Å². The molecule has 0 atom stereocenters. The van der Waals surface area contributed by atoms with Crippen LogP contribution in [-0.2, 0) is 26.2 Å². The maximum Gasteiger partial charge on any atom is 4.00 e. The fourth-order valence-corrected chi connectivity index (χ4v) is 5.45. The molecule has 0 saturated carbocycles. The Bertz CT molecular complexity index is 1960. The predicted molar refractivity (Wildman–Crippen MR) is 203 cm³/mol. The summed E-state index contributed by atoms with van der Waals surface area (Å²) in [6.07, 6.45) is 0. The van der Waals surface area contributed by atoms with Gasteiger partial charge in [-0.05, 0) is 22.9 Å². The smallest absolute Gasteiger partial charge is 0.656 e. The first-order valence-electron chi connectivity index (χ1n) is 16.2. The second kappa shape index (κ2) is 17.5. The van der Waals surface area contributed by atoms with Crippen molar-refractivity contribution in [2.45, 2.75) is 39.5 Å². The minimum absolute atomic E-state index is 0. The maximum atomic E-state index is 5.24. The molecule has 0 bridgehead atoms. The number of benzene rings is 6. The Morgan fingerprint density at radius 2 is 1.10 bits per heavy atom. The van der Waals surface area contributed by atoms with Crippen LogP contribution in [0.1, 0.15) is 61.8 Å². The average molecular weight is 702 g/mol. The minimum atomic E-state index is 0. The number of nitrogens with zero attached hydrogens (tertiary/aromatic N) is 2. The van der Waals surface area contributed by atoms with E-state index in [0.717, 1.165) is 50.0 Å².